The van der Waals surface area contributed by atoms with E-state index in [9.17, 15) is 4.79 Å². The van der Waals surface area contributed by atoms with Gasteiger partial charge in [-0.05, 0) is 42.5 Å². The number of carbonyl (C=O) groups excluding carboxylic acids is 1. The predicted molar refractivity (Wildman–Crippen MR) is 91.4 cm³/mol. The molecule has 0 atom stereocenters. The van der Waals surface area contributed by atoms with Crippen LogP contribution in [0.15, 0.2) is 36.7 Å². The van der Waals surface area contributed by atoms with Crippen molar-refractivity contribution in [2.24, 2.45) is 0 Å². The van der Waals surface area contributed by atoms with Gasteiger partial charge in [-0.2, -0.15) is 5.10 Å². The monoisotopic (exact) mass is 341 g/mol. The molecule has 0 radical (unpaired) electrons. The first-order valence-electron chi connectivity index (χ1n) is 7.84. The second kappa shape index (κ2) is 5.91. The molecule has 0 N–H and O–H groups in total. The summed E-state index contributed by atoms with van der Waals surface area (Å²) in [5.74, 6) is 0.256. The van der Waals surface area contributed by atoms with Gasteiger partial charge in [0.05, 0.1) is 36.6 Å². The number of fused-ring (bicyclic) bond motifs is 1. The fourth-order valence-corrected chi connectivity index (χ4v) is 3.15. The summed E-state index contributed by atoms with van der Waals surface area (Å²) >= 11 is 6.09. The number of ether oxygens (including phenoxy) is 1. The highest BCUT2D eigenvalue weighted by atomic mass is 35.5. The van der Waals surface area contributed by atoms with Crippen molar-refractivity contribution < 1.29 is 9.53 Å². The molecule has 24 heavy (non-hydrogen) atoms. The molecule has 1 fully saturated rings. The third-order valence-electron chi connectivity index (χ3n) is 4.31. The Morgan fingerprint density at radius 3 is 2.83 bits per heavy atom. The first-order valence-corrected chi connectivity index (χ1v) is 8.21. The van der Waals surface area contributed by atoms with Gasteiger partial charge in [0.25, 0.3) is 0 Å². The van der Waals surface area contributed by atoms with Crippen LogP contribution in [0.2, 0.25) is 5.02 Å². The van der Waals surface area contributed by atoms with Gasteiger partial charge in [0.2, 0.25) is 0 Å². The van der Waals surface area contributed by atoms with Crippen LogP contribution in [0, 0.1) is 0 Å². The number of carbonyl (C=O) groups is 1. The second-order valence-corrected chi connectivity index (χ2v) is 6.48. The van der Waals surface area contributed by atoms with E-state index in [4.69, 9.17) is 16.3 Å². The van der Waals surface area contributed by atoms with Crippen molar-refractivity contribution in [3.63, 3.8) is 0 Å². The van der Waals surface area contributed by atoms with Gasteiger partial charge in [0.1, 0.15) is 0 Å². The molecule has 4 rings (SSSR count). The molecule has 1 aliphatic rings. The van der Waals surface area contributed by atoms with Gasteiger partial charge in [-0.25, -0.2) is 4.79 Å². The zero-order chi connectivity index (χ0) is 16.7. The summed E-state index contributed by atoms with van der Waals surface area (Å²) in [6.07, 6.45) is 6.16. The Balaban J connectivity index is 1.72. The number of nitrogens with zero attached hydrogens (tertiary/aromatic N) is 3. The van der Waals surface area contributed by atoms with Crippen LogP contribution in [0.1, 0.15) is 40.4 Å². The van der Waals surface area contributed by atoms with Gasteiger partial charge in [0, 0.05) is 16.6 Å². The lowest BCUT2D eigenvalue weighted by molar-refractivity contribution is 0.0602. The maximum Gasteiger partial charge on any atom is 0.340 e. The number of esters is 1. The van der Waals surface area contributed by atoms with Gasteiger partial charge in [0.15, 0.2) is 0 Å². The van der Waals surface area contributed by atoms with E-state index < -0.39 is 5.97 Å². The lowest BCUT2D eigenvalue weighted by atomic mass is 10.1. The molecule has 2 heterocycles. The molecule has 2 aromatic heterocycles. The zero-order valence-electron chi connectivity index (χ0n) is 13.2. The minimum Gasteiger partial charge on any atom is -0.465 e. The number of benzene rings is 1. The third kappa shape index (κ3) is 2.76. The molecular weight excluding hydrogens is 326 g/mol. The first kappa shape index (κ1) is 15.1. The summed E-state index contributed by atoms with van der Waals surface area (Å²) in [5, 5.41) is 5.67. The minimum atomic E-state index is -0.429. The maximum absolute atomic E-state index is 12.1. The fourth-order valence-electron chi connectivity index (χ4n) is 2.92. The average Bonchev–Trinajstić information content (AvgIpc) is 3.37. The third-order valence-corrected chi connectivity index (χ3v) is 4.53. The molecular formula is C18H16ClN3O2. The van der Waals surface area contributed by atoms with Crippen molar-refractivity contribution in [1.82, 2.24) is 14.8 Å². The van der Waals surface area contributed by atoms with Gasteiger partial charge < -0.3 is 4.74 Å². The Hall–Kier alpha value is -2.40. The highest BCUT2D eigenvalue weighted by Gasteiger charge is 2.23. The van der Waals surface area contributed by atoms with Crippen molar-refractivity contribution in [3.05, 3.63) is 58.5 Å². The van der Waals surface area contributed by atoms with E-state index in [0.29, 0.717) is 28.6 Å². The Morgan fingerprint density at radius 1 is 1.33 bits per heavy atom. The summed E-state index contributed by atoms with van der Waals surface area (Å²) in [5.41, 5.74) is 3.31. The van der Waals surface area contributed by atoms with Crippen LogP contribution in [0.5, 0.6) is 0 Å². The molecule has 0 aliphatic heterocycles. The van der Waals surface area contributed by atoms with Crippen molar-refractivity contribution in [1.29, 1.82) is 0 Å². The maximum atomic E-state index is 12.1. The SMILES string of the molecule is COC(=O)c1cc(Cl)cc2cnn(Cc3ccc(C4CC4)cn3)c12. The summed E-state index contributed by atoms with van der Waals surface area (Å²) in [7, 11) is 1.36. The van der Waals surface area contributed by atoms with E-state index in [1.54, 1.807) is 23.0 Å². The van der Waals surface area contributed by atoms with Crippen LogP contribution in [0.3, 0.4) is 0 Å². The molecule has 0 saturated heterocycles. The van der Waals surface area contributed by atoms with E-state index >= 15 is 0 Å². The zero-order valence-corrected chi connectivity index (χ0v) is 14.0. The summed E-state index contributed by atoms with van der Waals surface area (Å²) in [6.45, 7) is 0.486. The number of hydrogen-bond acceptors (Lipinski definition) is 4. The molecule has 5 nitrogen and oxygen atoms in total. The van der Waals surface area contributed by atoms with Crippen molar-refractivity contribution in [3.8, 4) is 0 Å². The Morgan fingerprint density at radius 2 is 2.17 bits per heavy atom. The Labute approximate surface area is 144 Å². The molecule has 3 aromatic rings. The predicted octanol–water partition coefficient (Wildman–Crippen LogP) is 3.80. The van der Waals surface area contributed by atoms with E-state index in [-0.39, 0.29) is 0 Å². The number of methoxy groups -OCH3 is 1. The number of rotatable bonds is 4. The van der Waals surface area contributed by atoms with E-state index in [1.807, 2.05) is 12.3 Å². The van der Waals surface area contributed by atoms with Crippen LogP contribution >= 0.6 is 11.6 Å². The molecule has 122 valence electrons. The highest BCUT2D eigenvalue weighted by molar-refractivity contribution is 6.32. The highest BCUT2D eigenvalue weighted by Crippen LogP contribution is 2.39. The van der Waals surface area contributed by atoms with Crippen molar-refractivity contribution in [2.75, 3.05) is 7.11 Å². The van der Waals surface area contributed by atoms with Crippen LogP contribution in [0.4, 0.5) is 0 Å². The largest absolute Gasteiger partial charge is 0.465 e. The standard InChI is InChI=1S/C18H16ClN3O2/c1-24-18(23)16-7-14(19)6-13-9-21-22(17(13)16)10-15-5-4-12(8-20-15)11-2-3-11/h4-9,11H,2-3,10H2,1H3. The van der Waals surface area contributed by atoms with E-state index in [0.717, 1.165) is 11.1 Å². The number of aromatic nitrogens is 3. The summed E-state index contributed by atoms with van der Waals surface area (Å²) in [4.78, 5) is 16.6. The number of halogens is 1. The molecule has 0 unspecified atom stereocenters. The smallest absolute Gasteiger partial charge is 0.340 e. The molecule has 0 amide bonds. The topological polar surface area (TPSA) is 57.0 Å². The quantitative estimate of drug-likeness (QED) is 0.677. The molecule has 0 bridgehead atoms. The molecule has 1 saturated carbocycles. The molecule has 6 heteroatoms. The average molecular weight is 342 g/mol. The van der Waals surface area contributed by atoms with Gasteiger partial charge in [-0.3, -0.25) is 9.67 Å². The molecule has 1 aliphatic carbocycles. The molecule has 0 spiro atoms. The van der Waals surface area contributed by atoms with E-state index in [2.05, 4.69) is 16.1 Å². The lowest BCUT2D eigenvalue weighted by Crippen LogP contribution is -2.09. The number of pyridine rings is 1. The van der Waals surface area contributed by atoms with Crippen LogP contribution in [-0.4, -0.2) is 27.8 Å². The minimum absolute atomic E-state index is 0.409. The Kier molecular flexibility index (Phi) is 3.73. The van der Waals surface area contributed by atoms with Crippen molar-refractivity contribution in [2.45, 2.75) is 25.3 Å². The van der Waals surface area contributed by atoms with Gasteiger partial charge in [-0.1, -0.05) is 17.7 Å². The Bertz CT molecular complexity index is 914. The van der Waals surface area contributed by atoms with Gasteiger partial charge >= 0.3 is 5.97 Å². The van der Waals surface area contributed by atoms with Crippen molar-refractivity contribution >= 4 is 28.5 Å². The van der Waals surface area contributed by atoms with Crippen LogP contribution < -0.4 is 0 Å². The van der Waals surface area contributed by atoms with Crippen LogP contribution in [-0.2, 0) is 11.3 Å². The first-order chi connectivity index (χ1) is 11.7. The summed E-state index contributed by atoms with van der Waals surface area (Å²) in [6, 6.07) is 7.55. The van der Waals surface area contributed by atoms with Crippen LogP contribution in [0.25, 0.3) is 10.9 Å². The van der Waals surface area contributed by atoms with Gasteiger partial charge in [-0.15, -0.1) is 0 Å². The van der Waals surface area contributed by atoms with E-state index in [1.165, 1.54) is 25.5 Å². The summed E-state index contributed by atoms with van der Waals surface area (Å²) < 4.78 is 6.63. The lowest BCUT2D eigenvalue weighted by Gasteiger charge is -2.08. The number of hydrogen-bond donors (Lipinski definition) is 0. The normalized spacial score (nSPS) is 14.1. The molecule has 1 aromatic carbocycles. The fraction of sp³-hybridized carbons (Fsp3) is 0.278. The second-order valence-electron chi connectivity index (χ2n) is 6.04.